The Balaban J connectivity index is 1.76. The van der Waals surface area contributed by atoms with Gasteiger partial charge in [-0.3, -0.25) is 9.69 Å². The zero-order valence-electron chi connectivity index (χ0n) is 14.3. The maximum atomic E-state index is 13.2. The van der Waals surface area contributed by atoms with Crippen molar-refractivity contribution in [2.45, 2.75) is 12.5 Å². The summed E-state index contributed by atoms with van der Waals surface area (Å²) in [7, 11) is 0. The first-order valence-corrected chi connectivity index (χ1v) is 8.60. The fourth-order valence-corrected chi connectivity index (χ4v) is 3.48. The highest BCUT2D eigenvalue weighted by molar-refractivity contribution is 5.72. The number of carbonyl (C=O) groups is 1. The first-order chi connectivity index (χ1) is 12.6. The van der Waals surface area contributed by atoms with E-state index in [0.29, 0.717) is 25.4 Å². The van der Waals surface area contributed by atoms with Crippen LogP contribution in [0.2, 0.25) is 0 Å². The Morgan fingerprint density at radius 2 is 1.88 bits per heavy atom. The van der Waals surface area contributed by atoms with Crippen LogP contribution in [0.3, 0.4) is 0 Å². The van der Waals surface area contributed by atoms with Gasteiger partial charge in [0.05, 0.1) is 12.5 Å². The first kappa shape index (κ1) is 18.4. The lowest BCUT2D eigenvalue weighted by molar-refractivity contribution is -0.141. The van der Waals surface area contributed by atoms with Crippen LogP contribution in [-0.2, 0) is 11.3 Å². The van der Waals surface area contributed by atoms with Gasteiger partial charge < -0.3 is 14.9 Å². The average Bonchev–Trinajstić information content (AvgIpc) is 3.06. The van der Waals surface area contributed by atoms with Crippen LogP contribution in [-0.4, -0.2) is 47.4 Å². The van der Waals surface area contributed by atoms with E-state index in [-0.39, 0.29) is 24.9 Å². The summed E-state index contributed by atoms with van der Waals surface area (Å²) in [5, 5.41) is 18.6. The van der Waals surface area contributed by atoms with Crippen LogP contribution in [0.15, 0.2) is 48.5 Å². The van der Waals surface area contributed by atoms with Crippen molar-refractivity contribution in [2.24, 2.45) is 5.92 Å². The molecule has 1 fully saturated rings. The molecular formula is C20H22FNO4. The van der Waals surface area contributed by atoms with Crippen molar-refractivity contribution in [2.75, 3.05) is 26.3 Å². The molecule has 2 atom stereocenters. The number of aliphatic carboxylic acids is 1. The molecule has 6 heteroatoms. The molecule has 3 rings (SSSR count). The summed E-state index contributed by atoms with van der Waals surface area (Å²) in [4.78, 5) is 13.8. The second-order valence-corrected chi connectivity index (χ2v) is 6.48. The fraction of sp³-hybridized carbons (Fsp3) is 0.350. The van der Waals surface area contributed by atoms with Gasteiger partial charge in [-0.25, -0.2) is 4.39 Å². The molecule has 0 saturated carbocycles. The molecule has 1 aliphatic rings. The third kappa shape index (κ3) is 4.20. The number of halogens is 1. The molecule has 0 aromatic heterocycles. The van der Waals surface area contributed by atoms with Crippen LogP contribution in [0.5, 0.6) is 5.75 Å². The number of carboxylic acids is 1. The van der Waals surface area contributed by atoms with E-state index in [0.717, 1.165) is 11.1 Å². The summed E-state index contributed by atoms with van der Waals surface area (Å²) in [5.41, 5.74) is 1.79. The smallest absolute Gasteiger partial charge is 0.308 e. The molecular weight excluding hydrogens is 337 g/mol. The zero-order valence-corrected chi connectivity index (χ0v) is 14.3. The average molecular weight is 359 g/mol. The summed E-state index contributed by atoms with van der Waals surface area (Å²) >= 11 is 0. The van der Waals surface area contributed by atoms with E-state index in [2.05, 4.69) is 4.90 Å². The minimum absolute atomic E-state index is 0.0637. The molecule has 5 nitrogen and oxygen atoms in total. The predicted molar refractivity (Wildman–Crippen MR) is 94.6 cm³/mol. The lowest BCUT2D eigenvalue weighted by Gasteiger charge is -2.18. The van der Waals surface area contributed by atoms with Gasteiger partial charge in [0.25, 0.3) is 0 Å². The van der Waals surface area contributed by atoms with Crippen molar-refractivity contribution >= 4 is 5.97 Å². The number of para-hydroxylation sites is 1. The van der Waals surface area contributed by atoms with Crippen LogP contribution in [0.4, 0.5) is 4.39 Å². The number of likely N-dealkylation sites (tertiary alicyclic amines) is 1. The Hall–Kier alpha value is -2.44. The first-order valence-electron chi connectivity index (χ1n) is 8.60. The highest BCUT2D eigenvalue weighted by Crippen LogP contribution is 2.34. The highest BCUT2D eigenvalue weighted by atomic mass is 19.1. The van der Waals surface area contributed by atoms with Crippen molar-refractivity contribution in [3.8, 4) is 5.75 Å². The van der Waals surface area contributed by atoms with E-state index in [4.69, 9.17) is 9.84 Å². The van der Waals surface area contributed by atoms with Gasteiger partial charge in [0.15, 0.2) is 0 Å². The largest absolute Gasteiger partial charge is 0.491 e. The maximum Gasteiger partial charge on any atom is 0.308 e. The molecule has 1 heterocycles. The molecule has 26 heavy (non-hydrogen) atoms. The van der Waals surface area contributed by atoms with E-state index >= 15 is 0 Å². The monoisotopic (exact) mass is 359 g/mol. The fourth-order valence-electron chi connectivity index (χ4n) is 3.48. The number of ether oxygens (including phenoxy) is 1. The van der Waals surface area contributed by atoms with Gasteiger partial charge in [0.1, 0.15) is 18.2 Å². The van der Waals surface area contributed by atoms with E-state index in [1.807, 2.05) is 24.3 Å². The number of aliphatic hydroxyl groups is 1. The van der Waals surface area contributed by atoms with Gasteiger partial charge in [-0.05, 0) is 23.8 Å². The molecule has 0 radical (unpaired) electrons. The van der Waals surface area contributed by atoms with Crippen LogP contribution in [0, 0.1) is 11.7 Å². The van der Waals surface area contributed by atoms with Gasteiger partial charge in [0, 0.05) is 31.1 Å². The third-order valence-electron chi connectivity index (χ3n) is 4.73. The number of aliphatic hydroxyl groups excluding tert-OH is 1. The quantitative estimate of drug-likeness (QED) is 0.795. The van der Waals surface area contributed by atoms with E-state index in [9.17, 15) is 14.3 Å². The molecule has 1 saturated heterocycles. The Kier molecular flexibility index (Phi) is 5.85. The standard InChI is InChI=1S/C20H22FNO4/c21-16-7-5-14(6-8-16)17-12-22(13-18(17)20(24)25)11-15-3-1-2-4-19(15)26-10-9-23/h1-8,17-18,23H,9-13H2,(H,24,25)/t17-,18+/m0/s1. The number of hydrogen-bond donors (Lipinski definition) is 2. The zero-order chi connectivity index (χ0) is 18.5. The van der Waals surface area contributed by atoms with Crippen molar-refractivity contribution in [1.29, 1.82) is 0 Å². The summed E-state index contributed by atoms with van der Waals surface area (Å²) < 4.78 is 18.7. The molecule has 0 amide bonds. The van der Waals surface area contributed by atoms with Crippen molar-refractivity contribution < 1.29 is 24.1 Å². The Labute approximate surface area is 151 Å². The topological polar surface area (TPSA) is 70.0 Å². The molecule has 2 aromatic carbocycles. The van der Waals surface area contributed by atoms with Gasteiger partial charge in [-0.1, -0.05) is 30.3 Å². The Morgan fingerprint density at radius 3 is 2.58 bits per heavy atom. The Morgan fingerprint density at radius 1 is 1.15 bits per heavy atom. The predicted octanol–water partition coefficient (Wildman–Crippen LogP) is 2.50. The number of benzene rings is 2. The van der Waals surface area contributed by atoms with Crippen molar-refractivity contribution in [3.05, 3.63) is 65.5 Å². The summed E-state index contributed by atoms with van der Waals surface area (Å²) in [6.45, 7) is 1.71. The molecule has 0 unspecified atom stereocenters. The van der Waals surface area contributed by atoms with Crippen molar-refractivity contribution in [3.63, 3.8) is 0 Å². The van der Waals surface area contributed by atoms with Gasteiger partial charge in [-0.2, -0.15) is 0 Å². The van der Waals surface area contributed by atoms with Crippen LogP contribution in [0.1, 0.15) is 17.0 Å². The van der Waals surface area contributed by atoms with E-state index in [1.165, 1.54) is 12.1 Å². The normalized spacial score (nSPS) is 20.2. The molecule has 0 spiro atoms. The number of carboxylic acid groups (broad SMARTS) is 1. The SMILES string of the molecule is O=C(O)[C@@H]1CN(Cc2ccccc2OCCO)C[C@H]1c1ccc(F)cc1. The molecule has 138 valence electrons. The van der Waals surface area contributed by atoms with E-state index < -0.39 is 11.9 Å². The number of rotatable bonds is 7. The molecule has 2 N–H and O–H groups in total. The summed E-state index contributed by atoms with van der Waals surface area (Å²) in [6.07, 6.45) is 0. The molecule has 1 aliphatic heterocycles. The van der Waals surface area contributed by atoms with Crippen LogP contribution >= 0.6 is 0 Å². The number of hydrogen-bond acceptors (Lipinski definition) is 4. The van der Waals surface area contributed by atoms with Crippen LogP contribution < -0.4 is 4.74 Å². The highest BCUT2D eigenvalue weighted by Gasteiger charge is 2.38. The molecule has 0 bridgehead atoms. The maximum absolute atomic E-state index is 13.2. The molecule has 2 aromatic rings. The minimum atomic E-state index is -0.841. The van der Waals surface area contributed by atoms with Crippen molar-refractivity contribution in [1.82, 2.24) is 4.90 Å². The third-order valence-corrected chi connectivity index (χ3v) is 4.73. The second kappa shape index (κ2) is 8.29. The molecule has 0 aliphatic carbocycles. The number of nitrogens with zero attached hydrogens (tertiary/aromatic N) is 1. The van der Waals surface area contributed by atoms with Gasteiger partial charge in [0.2, 0.25) is 0 Å². The Bertz CT molecular complexity index is 750. The van der Waals surface area contributed by atoms with Crippen LogP contribution in [0.25, 0.3) is 0 Å². The second-order valence-electron chi connectivity index (χ2n) is 6.48. The lowest BCUT2D eigenvalue weighted by atomic mass is 9.89. The van der Waals surface area contributed by atoms with Gasteiger partial charge >= 0.3 is 5.97 Å². The lowest BCUT2D eigenvalue weighted by Crippen LogP contribution is -2.23. The van der Waals surface area contributed by atoms with Gasteiger partial charge in [-0.15, -0.1) is 0 Å². The summed E-state index contributed by atoms with van der Waals surface area (Å²) in [6, 6.07) is 13.6. The summed E-state index contributed by atoms with van der Waals surface area (Å²) in [5.74, 6) is -1.19. The van der Waals surface area contributed by atoms with E-state index in [1.54, 1.807) is 12.1 Å². The minimum Gasteiger partial charge on any atom is -0.491 e.